The second kappa shape index (κ2) is 7.70. The van der Waals surface area contributed by atoms with Crippen molar-refractivity contribution in [2.75, 3.05) is 26.8 Å². The minimum atomic E-state index is 0.675. The summed E-state index contributed by atoms with van der Waals surface area (Å²) >= 11 is 0. The van der Waals surface area contributed by atoms with Crippen LogP contribution in [0.2, 0.25) is 0 Å². The number of aromatic amines is 1. The van der Waals surface area contributed by atoms with E-state index in [9.17, 15) is 0 Å². The van der Waals surface area contributed by atoms with Gasteiger partial charge in [-0.15, -0.1) is 0 Å². The Balaban J connectivity index is 2.17. The second-order valence-electron chi connectivity index (χ2n) is 3.13. The molecule has 1 aromatic rings. The zero-order valence-electron chi connectivity index (χ0n) is 9.79. The van der Waals surface area contributed by atoms with Gasteiger partial charge in [-0.3, -0.25) is 10.1 Å². The average molecular weight is 225 g/mol. The number of guanidine groups is 1. The fourth-order valence-electron chi connectivity index (χ4n) is 1.17. The maximum absolute atomic E-state index is 5.22. The molecule has 0 atom stereocenters. The van der Waals surface area contributed by atoms with E-state index in [0.717, 1.165) is 24.8 Å². The van der Waals surface area contributed by atoms with Crippen molar-refractivity contribution < 1.29 is 4.74 Å². The zero-order chi connectivity index (χ0) is 11.6. The Morgan fingerprint density at radius 3 is 3.06 bits per heavy atom. The van der Waals surface area contributed by atoms with E-state index in [1.165, 1.54) is 0 Å². The van der Waals surface area contributed by atoms with E-state index < -0.39 is 0 Å². The van der Waals surface area contributed by atoms with E-state index in [1.807, 2.05) is 13.0 Å². The molecule has 0 radical (unpaired) electrons. The zero-order valence-corrected chi connectivity index (χ0v) is 9.79. The quantitative estimate of drug-likeness (QED) is 0.365. The smallest absolute Gasteiger partial charge is 0.191 e. The van der Waals surface area contributed by atoms with Gasteiger partial charge in [-0.2, -0.15) is 5.10 Å². The van der Waals surface area contributed by atoms with Crippen molar-refractivity contribution in [3.63, 3.8) is 0 Å². The molecule has 1 rings (SSSR count). The van der Waals surface area contributed by atoms with Crippen LogP contribution in [-0.2, 0) is 11.3 Å². The average Bonchev–Trinajstić information content (AvgIpc) is 2.81. The number of rotatable bonds is 6. The summed E-state index contributed by atoms with van der Waals surface area (Å²) in [5.74, 6) is 0.759. The van der Waals surface area contributed by atoms with E-state index in [-0.39, 0.29) is 0 Å². The van der Waals surface area contributed by atoms with Gasteiger partial charge in [0.1, 0.15) is 0 Å². The first kappa shape index (κ1) is 12.5. The third-order valence-electron chi connectivity index (χ3n) is 1.97. The van der Waals surface area contributed by atoms with Crippen LogP contribution in [0, 0.1) is 0 Å². The highest BCUT2D eigenvalue weighted by Crippen LogP contribution is 1.89. The Kier molecular flexibility index (Phi) is 6.02. The number of hydrogen-bond donors (Lipinski definition) is 3. The molecule has 0 aliphatic rings. The number of hydrogen-bond acceptors (Lipinski definition) is 3. The monoisotopic (exact) mass is 225 g/mol. The van der Waals surface area contributed by atoms with Gasteiger partial charge in [-0.05, 0) is 13.0 Å². The van der Waals surface area contributed by atoms with Crippen LogP contribution in [0.15, 0.2) is 17.3 Å². The van der Waals surface area contributed by atoms with Gasteiger partial charge in [0.2, 0.25) is 0 Å². The fourth-order valence-corrected chi connectivity index (χ4v) is 1.17. The minimum Gasteiger partial charge on any atom is -0.380 e. The molecule has 1 aromatic heterocycles. The lowest BCUT2D eigenvalue weighted by Gasteiger charge is -2.10. The van der Waals surface area contributed by atoms with Crippen LogP contribution in [0.3, 0.4) is 0 Å². The van der Waals surface area contributed by atoms with E-state index in [0.29, 0.717) is 13.2 Å². The topological polar surface area (TPSA) is 74.3 Å². The van der Waals surface area contributed by atoms with Crippen LogP contribution in [0.5, 0.6) is 0 Å². The molecule has 0 spiro atoms. The first-order valence-electron chi connectivity index (χ1n) is 5.37. The number of aliphatic imine (C=N–C) groups is 1. The molecule has 0 aliphatic carbocycles. The summed E-state index contributed by atoms with van der Waals surface area (Å²) in [4.78, 5) is 4.09. The summed E-state index contributed by atoms with van der Waals surface area (Å²) in [6.07, 6.45) is 1.72. The lowest BCUT2D eigenvalue weighted by molar-refractivity contribution is 0.152. The maximum Gasteiger partial charge on any atom is 0.191 e. The van der Waals surface area contributed by atoms with Gasteiger partial charge in [0.05, 0.1) is 18.8 Å². The summed E-state index contributed by atoms with van der Waals surface area (Å²) in [6, 6.07) is 1.92. The first-order valence-corrected chi connectivity index (χ1v) is 5.37. The van der Waals surface area contributed by atoms with Crippen molar-refractivity contribution in [1.29, 1.82) is 0 Å². The predicted octanol–water partition coefficient (Wildman–Crippen LogP) is 0.111. The molecule has 0 amide bonds. The molecule has 0 saturated carbocycles. The molecular weight excluding hydrogens is 206 g/mol. The minimum absolute atomic E-state index is 0.675. The maximum atomic E-state index is 5.22. The lowest BCUT2D eigenvalue weighted by Crippen LogP contribution is -2.38. The summed E-state index contributed by atoms with van der Waals surface area (Å²) in [5, 5.41) is 13.0. The SMILES string of the molecule is CCOCCNC(=NC)NCc1ccn[nH]1. The number of aromatic nitrogens is 2. The standard InChI is InChI=1S/C10H19N5O/c1-3-16-7-6-12-10(11-2)13-8-9-4-5-14-15-9/h4-5H,3,6-8H2,1-2H3,(H,14,15)(H2,11,12,13). The lowest BCUT2D eigenvalue weighted by atomic mass is 10.4. The van der Waals surface area contributed by atoms with Crippen LogP contribution in [-0.4, -0.2) is 43.0 Å². The summed E-state index contributed by atoms with van der Waals surface area (Å²) in [5.41, 5.74) is 1.02. The highest BCUT2D eigenvalue weighted by molar-refractivity contribution is 5.79. The molecule has 6 nitrogen and oxygen atoms in total. The number of ether oxygens (including phenoxy) is 1. The molecule has 0 bridgehead atoms. The third-order valence-corrected chi connectivity index (χ3v) is 1.97. The van der Waals surface area contributed by atoms with E-state index in [2.05, 4.69) is 25.8 Å². The Labute approximate surface area is 95.5 Å². The molecule has 1 heterocycles. The van der Waals surface area contributed by atoms with Crippen LogP contribution in [0.1, 0.15) is 12.6 Å². The number of nitrogens with one attached hydrogen (secondary N) is 3. The molecule has 0 fully saturated rings. The van der Waals surface area contributed by atoms with Gasteiger partial charge in [-0.1, -0.05) is 0 Å². The van der Waals surface area contributed by atoms with Crippen molar-refractivity contribution in [3.05, 3.63) is 18.0 Å². The molecular formula is C10H19N5O. The number of nitrogens with zero attached hydrogens (tertiary/aromatic N) is 2. The van der Waals surface area contributed by atoms with Crippen molar-refractivity contribution in [2.24, 2.45) is 4.99 Å². The normalized spacial score (nSPS) is 11.5. The van der Waals surface area contributed by atoms with Crippen molar-refractivity contribution in [2.45, 2.75) is 13.5 Å². The molecule has 0 saturated heterocycles. The molecule has 16 heavy (non-hydrogen) atoms. The molecule has 6 heteroatoms. The van der Waals surface area contributed by atoms with Gasteiger partial charge in [0, 0.05) is 26.4 Å². The molecule has 0 unspecified atom stereocenters. The fraction of sp³-hybridized carbons (Fsp3) is 0.600. The van der Waals surface area contributed by atoms with Crippen LogP contribution in [0.4, 0.5) is 0 Å². The second-order valence-corrected chi connectivity index (χ2v) is 3.13. The van der Waals surface area contributed by atoms with E-state index in [4.69, 9.17) is 4.74 Å². The molecule has 90 valence electrons. The van der Waals surface area contributed by atoms with Gasteiger partial charge < -0.3 is 15.4 Å². The van der Waals surface area contributed by atoms with Crippen LogP contribution >= 0.6 is 0 Å². The Bertz CT molecular complexity index is 296. The summed E-state index contributed by atoms with van der Waals surface area (Å²) < 4.78 is 5.22. The van der Waals surface area contributed by atoms with Gasteiger partial charge in [0.25, 0.3) is 0 Å². The predicted molar refractivity (Wildman–Crippen MR) is 63.3 cm³/mol. The van der Waals surface area contributed by atoms with Crippen molar-refractivity contribution >= 4 is 5.96 Å². The molecule has 0 aliphatic heterocycles. The summed E-state index contributed by atoms with van der Waals surface area (Å²) in [7, 11) is 1.74. The highest BCUT2D eigenvalue weighted by Gasteiger charge is 1.97. The third kappa shape index (κ3) is 4.79. The van der Waals surface area contributed by atoms with Crippen LogP contribution < -0.4 is 10.6 Å². The van der Waals surface area contributed by atoms with Crippen molar-refractivity contribution in [1.82, 2.24) is 20.8 Å². The van der Waals surface area contributed by atoms with E-state index >= 15 is 0 Å². The molecule has 3 N–H and O–H groups in total. The highest BCUT2D eigenvalue weighted by atomic mass is 16.5. The van der Waals surface area contributed by atoms with Crippen molar-refractivity contribution in [3.8, 4) is 0 Å². The summed E-state index contributed by atoms with van der Waals surface area (Å²) in [6.45, 7) is 4.82. The largest absolute Gasteiger partial charge is 0.380 e. The Hall–Kier alpha value is -1.56. The van der Waals surface area contributed by atoms with Gasteiger partial charge in [0.15, 0.2) is 5.96 Å². The molecule has 0 aromatic carbocycles. The van der Waals surface area contributed by atoms with E-state index in [1.54, 1.807) is 13.2 Å². The van der Waals surface area contributed by atoms with Gasteiger partial charge in [-0.25, -0.2) is 0 Å². The Morgan fingerprint density at radius 1 is 1.56 bits per heavy atom. The van der Waals surface area contributed by atoms with Gasteiger partial charge >= 0.3 is 0 Å². The number of H-pyrrole nitrogens is 1. The van der Waals surface area contributed by atoms with Crippen LogP contribution in [0.25, 0.3) is 0 Å². The Morgan fingerprint density at radius 2 is 2.44 bits per heavy atom. The first-order chi connectivity index (χ1) is 7.86.